The van der Waals surface area contributed by atoms with E-state index in [1.807, 2.05) is 12.1 Å². The fourth-order valence-electron chi connectivity index (χ4n) is 1.88. The lowest BCUT2D eigenvalue weighted by Gasteiger charge is -2.16. The molecular formula is C16H17ClFN3O2. The van der Waals surface area contributed by atoms with E-state index in [1.165, 1.54) is 12.1 Å². The number of nitrogens with two attached hydrogens (primary N) is 1. The Bertz CT molecular complexity index is 680. The second-order valence-electron chi connectivity index (χ2n) is 4.72. The molecule has 0 radical (unpaired) electrons. The number of ether oxygens (including phenoxy) is 1. The second-order valence-corrected chi connectivity index (χ2v) is 5.13. The smallest absolute Gasteiger partial charge is 0.428 e. The van der Waals surface area contributed by atoms with Crippen LogP contribution in [0.2, 0.25) is 5.02 Å². The molecule has 2 aromatic rings. The van der Waals surface area contributed by atoms with Gasteiger partial charge < -0.3 is 10.1 Å². The molecule has 0 heterocycles. The van der Waals surface area contributed by atoms with Crippen molar-refractivity contribution >= 4 is 29.1 Å². The van der Waals surface area contributed by atoms with Crippen molar-refractivity contribution in [3.63, 3.8) is 0 Å². The predicted molar refractivity (Wildman–Crippen MR) is 88.9 cm³/mol. The van der Waals surface area contributed by atoms with E-state index in [2.05, 4.69) is 5.32 Å². The summed E-state index contributed by atoms with van der Waals surface area (Å²) in [5.74, 6) is 5.19. The van der Waals surface area contributed by atoms with Crippen LogP contribution in [-0.4, -0.2) is 12.7 Å². The van der Waals surface area contributed by atoms with E-state index >= 15 is 0 Å². The number of hydrazine groups is 1. The third-order valence-corrected chi connectivity index (χ3v) is 3.40. The molecule has 122 valence electrons. The molecule has 2 rings (SSSR count). The topological polar surface area (TPSA) is 67.6 Å². The number of hydrogen-bond acceptors (Lipinski definition) is 4. The van der Waals surface area contributed by atoms with E-state index in [0.29, 0.717) is 17.9 Å². The van der Waals surface area contributed by atoms with Gasteiger partial charge in [-0.15, -0.1) is 0 Å². The molecule has 7 heteroatoms. The first-order valence-electron chi connectivity index (χ1n) is 7.00. The first-order valence-corrected chi connectivity index (χ1v) is 7.38. The minimum Gasteiger partial charge on any atom is -0.449 e. The molecule has 5 nitrogen and oxygen atoms in total. The highest BCUT2D eigenvalue weighted by atomic mass is 35.5. The summed E-state index contributed by atoms with van der Waals surface area (Å²) < 4.78 is 18.2. The van der Waals surface area contributed by atoms with Gasteiger partial charge in [0.25, 0.3) is 0 Å². The largest absolute Gasteiger partial charge is 0.449 e. The Balaban J connectivity index is 1.97. The molecular weight excluding hydrogens is 321 g/mol. The van der Waals surface area contributed by atoms with Gasteiger partial charge in [-0.05, 0) is 42.8 Å². The van der Waals surface area contributed by atoms with E-state index in [0.717, 1.165) is 10.6 Å². The maximum absolute atomic E-state index is 13.4. The van der Waals surface area contributed by atoms with Crippen molar-refractivity contribution in [2.45, 2.75) is 13.5 Å². The number of benzene rings is 2. The van der Waals surface area contributed by atoms with Gasteiger partial charge in [-0.3, -0.25) is 0 Å². The van der Waals surface area contributed by atoms with Crippen LogP contribution in [-0.2, 0) is 11.3 Å². The minimum atomic E-state index is -0.616. The quantitative estimate of drug-likeness (QED) is 0.493. The fraction of sp³-hybridized carbons (Fsp3) is 0.188. The van der Waals surface area contributed by atoms with Gasteiger partial charge >= 0.3 is 6.09 Å². The molecule has 0 spiro atoms. The van der Waals surface area contributed by atoms with Crippen molar-refractivity contribution < 1.29 is 13.9 Å². The minimum absolute atomic E-state index is 0.0851. The van der Waals surface area contributed by atoms with Gasteiger partial charge in [-0.25, -0.2) is 20.0 Å². The maximum atomic E-state index is 13.4. The first-order chi connectivity index (χ1) is 11.0. The molecule has 3 N–H and O–H groups in total. The van der Waals surface area contributed by atoms with Gasteiger partial charge in [0.15, 0.2) is 0 Å². The highest BCUT2D eigenvalue weighted by Crippen LogP contribution is 2.20. The molecule has 0 aromatic heterocycles. The predicted octanol–water partition coefficient (Wildman–Crippen LogP) is 3.93. The Hall–Kier alpha value is -2.31. The molecule has 2 aromatic carbocycles. The third-order valence-electron chi connectivity index (χ3n) is 3.10. The fourth-order valence-corrected chi connectivity index (χ4v) is 2.00. The summed E-state index contributed by atoms with van der Waals surface area (Å²) in [6.45, 7) is 2.46. The summed E-state index contributed by atoms with van der Waals surface area (Å²) in [7, 11) is 0. The van der Waals surface area contributed by atoms with E-state index in [4.69, 9.17) is 22.2 Å². The monoisotopic (exact) mass is 337 g/mol. The van der Waals surface area contributed by atoms with E-state index in [-0.39, 0.29) is 11.6 Å². The lowest BCUT2D eigenvalue weighted by molar-refractivity contribution is 0.160. The average Bonchev–Trinajstić information content (AvgIpc) is 2.56. The Labute approximate surface area is 138 Å². The van der Waals surface area contributed by atoms with Gasteiger partial charge in [0.2, 0.25) is 0 Å². The molecule has 0 aliphatic heterocycles. The van der Waals surface area contributed by atoms with E-state index in [9.17, 15) is 9.18 Å². The number of hydrogen-bond donors (Lipinski definition) is 2. The van der Waals surface area contributed by atoms with Crippen LogP contribution in [0.5, 0.6) is 0 Å². The number of amides is 1. The number of nitrogens with one attached hydrogen (secondary N) is 1. The Morgan fingerprint density at radius 2 is 2.00 bits per heavy atom. The van der Waals surface area contributed by atoms with Gasteiger partial charge in [0, 0.05) is 12.2 Å². The Kier molecular flexibility index (Phi) is 5.78. The number of anilines is 2. The van der Waals surface area contributed by atoms with Crippen LogP contribution in [0, 0.1) is 5.82 Å². The molecule has 0 saturated heterocycles. The molecule has 0 bridgehead atoms. The van der Waals surface area contributed by atoms with E-state index < -0.39 is 11.9 Å². The van der Waals surface area contributed by atoms with Crippen molar-refractivity contribution in [1.82, 2.24) is 0 Å². The number of halogens is 2. The molecule has 23 heavy (non-hydrogen) atoms. The average molecular weight is 338 g/mol. The van der Waals surface area contributed by atoms with Crippen LogP contribution in [0.3, 0.4) is 0 Å². The molecule has 0 atom stereocenters. The van der Waals surface area contributed by atoms with Gasteiger partial charge in [-0.2, -0.15) is 0 Å². The summed E-state index contributed by atoms with van der Waals surface area (Å²) in [6, 6.07) is 11.6. The number of carbonyl (C=O) groups is 1. The summed E-state index contributed by atoms with van der Waals surface area (Å²) in [4.78, 5) is 11.5. The normalized spacial score (nSPS) is 10.3. The highest BCUT2D eigenvalue weighted by Gasteiger charge is 2.12. The van der Waals surface area contributed by atoms with Crippen LogP contribution < -0.4 is 16.2 Å². The lowest BCUT2D eigenvalue weighted by Crippen LogP contribution is -2.37. The number of rotatable bonds is 5. The van der Waals surface area contributed by atoms with Gasteiger partial charge in [-0.1, -0.05) is 23.7 Å². The highest BCUT2D eigenvalue weighted by molar-refractivity contribution is 6.30. The molecule has 1 amide bonds. The summed E-state index contributed by atoms with van der Waals surface area (Å²) in [6.07, 6.45) is -0.616. The van der Waals surface area contributed by atoms with Crippen molar-refractivity contribution in [3.8, 4) is 0 Å². The number of nitrogens with zero attached hydrogens (tertiary/aromatic N) is 1. The maximum Gasteiger partial charge on any atom is 0.428 e. The lowest BCUT2D eigenvalue weighted by atomic mass is 10.2. The molecule has 0 aliphatic rings. The van der Waals surface area contributed by atoms with Crippen LogP contribution in [0.4, 0.5) is 20.6 Å². The van der Waals surface area contributed by atoms with Gasteiger partial charge in [0.05, 0.1) is 17.3 Å². The van der Waals surface area contributed by atoms with Crippen LogP contribution in [0.25, 0.3) is 0 Å². The van der Waals surface area contributed by atoms with Crippen molar-refractivity contribution in [1.29, 1.82) is 0 Å². The standard InChI is InChI=1S/C16H17ClFN3O2/c1-2-23-16(22)21(19)13-6-3-11(4-7-13)10-20-12-5-8-14(17)15(18)9-12/h3-9,20H,2,10,19H2,1H3. The summed E-state index contributed by atoms with van der Waals surface area (Å²) >= 11 is 5.64. The first kappa shape index (κ1) is 17.1. The molecule has 0 fully saturated rings. The second kappa shape index (κ2) is 7.80. The van der Waals surface area contributed by atoms with Gasteiger partial charge in [0.1, 0.15) is 5.82 Å². The van der Waals surface area contributed by atoms with Crippen molar-refractivity contribution in [2.24, 2.45) is 5.84 Å². The number of carbonyl (C=O) groups excluding carboxylic acids is 1. The van der Waals surface area contributed by atoms with Crippen LogP contribution >= 0.6 is 11.6 Å². The van der Waals surface area contributed by atoms with E-state index in [1.54, 1.807) is 25.1 Å². The van der Waals surface area contributed by atoms with Crippen LogP contribution in [0.15, 0.2) is 42.5 Å². The zero-order valence-electron chi connectivity index (χ0n) is 12.6. The third kappa shape index (κ3) is 4.58. The molecule has 0 saturated carbocycles. The molecule has 0 aliphatic carbocycles. The summed E-state index contributed by atoms with van der Waals surface area (Å²) in [5, 5.41) is 4.11. The Morgan fingerprint density at radius 1 is 1.30 bits per heavy atom. The molecule has 0 unspecified atom stereocenters. The summed E-state index contributed by atoms with van der Waals surface area (Å²) in [5.41, 5.74) is 2.09. The van der Waals surface area contributed by atoms with Crippen molar-refractivity contribution in [3.05, 3.63) is 58.9 Å². The zero-order chi connectivity index (χ0) is 16.8. The van der Waals surface area contributed by atoms with Crippen molar-refractivity contribution in [2.75, 3.05) is 16.9 Å². The zero-order valence-corrected chi connectivity index (χ0v) is 13.3. The Morgan fingerprint density at radius 3 is 2.61 bits per heavy atom. The van der Waals surface area contributed by atoms with Crippen LogP contribution in [0.1, 0.15) is 12.5 Å². The SMILES string of the molecule is CCOC(=O)N(N)c1ccc(CNc2ccc(Cl)c(F)c2)cc1.